The van der Waals surface area contributed by atoms with Crippen LogP contribution in [-0.4, -0.2) is 61.0 Å². The summed E-state index contributed by atoms with van der Waals surface area (Å²) in [6, 6.07) is 19.8. The van der Waals surface area contributed by atoms with Crippen molar-refractivity contribution in [3.63, 3.8) is 0 Å². The molecule has 212 valence electrons. The summed E-state index contributed by atoms with van der Waals surface area (Å²) in [6.45, 7) is 5.16. The fourth-order valence-electron chi connectivity index (χ4n) is 3.99. The third kappa shape index (κ3) is 7.58. The molecule has 0 aliphatic carbocycles. The normalized spacial score (nSPS) is 10.7. The van der Waals surface area contributed by atoms with Gasteiger partial charge < -0.3 is 30.3 Å². The van der Waals surface area contributed by atoms with Crippen molar-refractivity contribution in [2.45, 2.75) is 13.8 Å². The van der Waals surface area contributed by atoms with Crippen molar-refractivity contribution in [2.75, 3.05) is 44.9 Å². The van der Waals surface area contributed by atoms with Crippen molar-refractivity contribution >= 4 is 29.1 Å². The van der Waals surface area contributed by atoms with Crippen LogP contribution in [0.1, 0.15) is 31.8 Å². The fraction of sp³-hybridized carbons (Fsp3) is 0.226. The van der Waals surface area contributed by atoms with E-state index in [0.29, 0.717) is 35.0 Å². The maximum Gasteiger partial charge on any atom is 0.262 e. The average Bonchev–Trinajstić information content (AvgIpc) is 2.95. The molecule has 0 bridgehead atoms. The number of carbonyl (C=O) groups excluding carboxylic acids is 2. The molecule has 0 aliphatic rings. The number of benzene rings is 3. The van der Waals surface area contributed by atoms with E-state index in [1.807, 2.05) is 57.1 Å². The largest absolute Gasteiger partial charge is 0.493 e. The molecule has 4 aromatic rings. The van der Waals surface area contributed by atoms with Crippen LogP contribution >= 0.6 is 0 Å². The molecule has 4 rings (SSSR count). The second kappa shape index (κ2) is 13.4. The Balaban J connectivity index is 1.58. The molecule has 3 N–H and O–H groups in total. The lowest BCUT2D eigenvalue weighted by atomic mass is 10.1. The molecule has 0 atom stereocenters. The Labute approximate surface area is 239 Å². The van der Waals surface area contributed by atoms with Gasteiger partial charge in [0, 0.05) is 36.2 Å². The van der Waals surface area contributed by atoms with E-state index in [1.54, 1.807) is 42.5 Å². The number of para-hydroxylation sites is 3. The molecule has 0 saturated heterocycles. The maximum atomic E-state index is 13.4. The number of nitrogens with zero attached hydrogens (tertiary/aromatic N) is 3. The van der Waals surface area contributed by atoms with Gasteiger partial charge in [-0.1, -0.05) is 30.3 Å². The highest BCUT2D eigenvalue weighted by Crippen LogP contribution is 2.33. The van der Waals surface area contributed by atoms with Gasteiger partial charge in [0.15, 0.2) is 11.5 Å². The lowest BCUT2D eigenvalue weighted by Crippen LogP contribution is -2.31. The number of methoxy groups -OCH3 is 1. The Bertz CT molecular complexity index is 1500. The van der Waals surface area contributed by atoms with E-state index in [-0.39, 0.29) is 23.3 Å². The van der Waals surface area contributed by atoms with Gasteiger partial charge in [-0.15, -0.1) is 0 Å². The smallest absolute Gasteiger partial charge is 0.262 e. The van der Waals surface area contributed by atoms with E-state index in [1.165, 1.54) is 13.3 Å². The first-order chi connectivity index (χ1) is 19.7. The molecule has 0 fully saturated rings. The van der Waals surface area contributed by atoms with Gasteiger partial charge >= 0.3 is 0 Å². The number of hydrogen-bond donors (Lipinski definition) is 3. The number of rotatable bonds is 11. The van der Waals surface area contributed by atoms with Crippen LogP contribution in [0.5, 0.6) is 17.4 Å². The Morgan fingerprint density at radius 3 is 2.22 bits per heavy atom. The second-order valence-corrected chi connectivity index (χ2v) is 9.65. The fourth-order valence-corrected chi connectivity index (χ4v) is 3.99. The molecular formula is C31H34N6O4. The molecule has 10 heteroatoms. The number of ether oxygens (including phenoxy) is 2. The van der Waals surface area contributed by atoms with Gasteiger partial charge in [0.2, 0.25) is 11.8 Å². The van der Waals surface area contributed by atoms with Crippen LogP contribution in [0.2, 0.25) is 0 Å². The SMILES string of the molecule is COc1ccccc1Oc1nc(Nc2ccc(C(=O)NCCN(C)C)cc2)ncc1C(=O)Nc1c(C)cccc1C. The van der Waals surface area contributed by atoms with Gasteiger partial charge in [-0.3, -0.25) is 9.59 Å². The van der Waals surface area contributed by atoms with E-state index in [2.05, 4.69) is 25.9 Å². The number of nitrogens with one attached hydrogen (secondary N) is 3. The monoisotopic (exact) mass is 554 g/mol. The molecule has 0 unspecified atom stereocenters. The minimum atomic E-state index is -0.413. The Morgan fingerprint density at radius 1 is 0.878 bits per heavy atom. The first-order valence-corrected chi connectivity index (χ1v) is 13.1. The molecule has 0 saturated carbocycles. The summed E-state index contributed by atoms with van der Waals surface area (Å²) in [7, 11) is 5.44. The molecule has 1 heterocycles. The minimum Gasteiger partial charge on any atom is -0.493 e. The van der Waals surface area contributed by atoms with Crippen LogP contribution in [0.15, 0.2) is 72.9 Å². The number of likely N-dealkylation sites (N-methyl/N-ethyl adjacent to an activating group) is 1. The summed E-state index contributed by atoms with van der Waals surface area (Å²) in [5, 5.41) is 8.97. The molecular weight excluding hydrogens is 520 g/mol. The molecule has 10 nitrogen and oxygen atoms in total. The minimum absolute atomic E-state index is 0.0487. The van der Waals surface area contributed by atoms with Crippen LogP contribution < -0.4 is 25.4 Å². The predicted molar refractivity (Wildman–Crippen MR) is 160 cm³/mol. The first kappa shape index (κ1) is 29.0. The van der Waals surface area contributed by atoms with Gasteiger partial charge in [-0.2, -0.15) is 4.98 Å². The number of carbonyl (C=O) groups is 2. The third-order valence-corrected chi connectivity index (χ3v) is 6.24. The van der Waals surface area contributed by atoms with Crippen LogP contribution in [0.4, 0.5) is 17.3 Å². The van der Waals surface area contributed by atoms with Crippen LogP contribution in [0.3, 0.4) is 0 Å². The lowest BCUT2D eigenvalue weighted by Gasteiger charge is -2.15. The third-order valence-electron chi connectivity index (χ3n) is 6.24. The summed E-state index contributed by atoms with van der Waals surface area (Å²) in [6.07, 6.45) is 1.41. The van der Waals surface area contributed by atoms with E-state index in [0.717, 1.165) is 17.7 Å². The van der Waals surface area contributed by atoms with Crippen molar-refractivity contribution in [3.8, 4) is 17.4 Å². The highest BCUT2D eigenvalue weighted by molar-refractivity contribution is 6.06. The van der Waals surface area contributed by atoms with Gasteiger partial charge in [0.05, 0.1) is 7.11 Å². The second-order valence-electron chi connectivity index (χ2n) is 9.65. The van der Waals surface area contributed by atoms with Crippen molar-refractivity contribution in [1.82, 2.24) is 20.2 Å². The van der Waals surface area contributed by atoms with Crippen molar-refractivity contribution < 1.29 is 19.1 Å². The van der Waals surface area contributed by atoms with E-state index in [4.69, 9.17) is 9.47 Å². The Hall–Kier alpha value is -4.96. The zero-order chi connectivity index (χ0) is 29.4. The number of hydrogen-bond acceptors (Lipinski definition) is 8. The quantitative estimate of drug-likeness (QED) is 0.232. The van der Waals surface area contributed by atoms with E-state index < -0.39 is 5.91 Å². The van der Waals surface area contributed by atoms with E-state index in [9.17, 15) is 9.59 Å². The predicted octanol–water partition coefficient (Wildman–Crippen LogP) is 5.18. The highest BCUT2D eigenvalue weighted by atomic mass is 16.5. The summed E-state index contributed by atoms with van der Waals surface area (Å²) in [5.74, 6) is 0.575. The maximum absolute atomic E-state index is 13.4. The Kier molecular flexibility index (Phi) is 9.49. The number of amides is 2. The summed E-state index contributed by atoms with van der Waals surface area (Å²) in [5.41, 5.74) is 3.92. The molecule has 41 heavy (non-hydrogen) atoms. The highest BCUT2D eigenvalue weighted by Gasteiger charge is 2.20. The molecule has 0 spiro atoms. The van der Waals surface area contributed by atoms with Gasteiger partial charge in [0.25, 0.3) is 11.8 Å². The van der Waals surface area contributed by atoms with Gasteiger partial charge in [0.1, 0.15) is 5.56 Å². The number of aryl methyl sites for hydroxylation is 2. The standard InChI is InChI=1S/C31H34N6O4/c1-20-9-8-10-21(2)27(20)35-29(39)24-19-33-31(36-30(24)41-26-12-7-6-11-25(26)40-5)34-23-15-13-22(14-16-23)28(38)32-17-18-37(3)4/h6-16,19H,17-18H2,1-5H3,(H,32,38)(H,35,39)(H,33,34,36). The van der Waals surface area contributed by atoms with E-state index >= 15 is 0 Å². The topological polar surface area (TPSA) is 118 Å². The lowest BCUT2D eigenvalue weighted by molar-refractivity contribution is 0.0950. The van der Waals surface area contributed by atoms with Crippen molar-refractivity contribution in [1.29, 1.82) is 0 Å². The van der Waals surface area contributed by atoms with Crippen molar-refractivity contribution in [3.05, 3.63) is 95.2 Å². The molecule has 3 aromatic carbocycles. The van der Waals surface area contributed by atoms with Gasteiger partial charge in [-0.05, 0) is 75.5 Å². The summed E-state index contributed by atoms with van der Waals surface area (Å²) >= 11 is 0. The van der Waals surface area contributed by atoms with Crippen LogP contribution in [-0.2, 0) is 0 Å². The van der Waals surface area contributed by atoms with Gasteiger partial charge in [-0.25, -0.2) is 4.98 Å². The molecule has 0 radical (unpaired) electrons. The zero-order valence-electron chi connectivity index (χ0n) is 23.8. The number of anilines is 3. The van der Waals surface area contributed by atoms with Crippen molar-refractivity contribution in [2.24, 2.45) is 0 Å². The first-order valence-electron chi connectivity index (χ1n) is 13.1. The summed E-state index contributed by atoms with van der Waals surface area (Å²) in [4.78, 5) is 36.7. The zero-order valence-corrected chi connectivity index (χ0v) is 23.8. The van der Waals surface area contributed by atoms with Crippen LogP contribution in [0.25, 0.3) is 0 Å². The average molecular weight is 555 g/mol. The summed E-state index contributed by atoms with van der Waals surface area (Å²) < 4.78 is 11.5. The molecule has 0 aliphatic heterocycles. The molecule has 1 aromatic heterocycles. The Morgan fingerprint density at radius 2 is 1.56 bits per heavy atom. The molecule has 2 amide bonds. The van der Waals surface area contributed by atoms with Crippen LogP contribution in [0, 0.1) is 13.8 Å². The number of aromatic nitrogens is 2.